The van der Waals surface area contributed by atoms with Crippen LogP contribution in [0.4, 0.5) is 0 Å². The first-order chi connectivity index (χ1) is 6.24. The van der Waals surface area contributed by atoms with Crippen LogP contribution >= 0.6 is 0 Å². The molecule has 1 nitrogen and oxygen atoms in total. The van der Waals surface area contributed by atoms with E-state index in [1.165, 1.54) is 25.8 Å². The van der Waals surface area contributed by atoms with Gasteiger partial charge in [0.25, 0.3) is 0 Å². The quantitative estimate of drug-likeness (QED) is 0.621. The van der Waals surface area contributed by atoms with Crippen LogP contribution in [0.15, 0.2) is 12.7 Å². The van der Waals surface area contributed by atoms with Crippen molar-refractivity contribution in [3.63, 3.8) is 0 Å². The van der Waals surface area contributed by atoms with Gasteiger partial charge in [-0.3, -0.25) is 0 Å². The summed E-state index contributed by atoms with van der Waals surface area (Å²) in [5, 5.41) is 3.54. The minimum Gasteiger partial charge on any atom is -0.316 e. The second-order valence-electron chi connectivity index (χ2n) is 4.67. The van der Waals surface area contributed by atoms with Crippen molar-refractivity contribution in [1.82, 2.24) is 5.32 Å². The summed E-state index contributed by atoms with van der Waals surface area (Å²) in [5.41, 5.74) is 0. The summed E-state index contributed by atoms with van der Waals surface area (Å²) in [5.74, 6) is 2.63. The Bertz CT molecular complexity index is 151. The van der Waals surface area contributed by atoms with Crippen molar-refractivity contribution in [3.05, 3.63) is 12.7 Å². The molecular formula is C12H23N. The monoisotopic (exact) mass is 181 g/mol. The molecule has 0 saturated heterocycles. The van der Waals surface area contributed by atoms with Gasteiger partial charge in [-0.25, -0.2) is 0 Å². The molecule has 1 heteroatoms. The molecule has 76 valence electrons. The van der Waals surface area contributed by atoms with Gasteiger partial charge in [-0.05, 0) is 50.1 Å². The lowest BCUT2D eigenvalue weighted by Gasteiger charge is -2.36. The summed E-state index contributed by atoms with van der Waals surface area (Å²) in [7, 11) is 0. The smallest absolute Gasteiger partial charge is 0.00176 e. The molecule has 0 bridgehead atoms. The summed E-state index contributed by atoms with van der Waals surface area (Å²) < 4.78 is 0. The molecule has 0 spiro atoms. The Kier molecular flexibility index (Phi) is 4.51. The lowest BCUT2D eigenvalue weighted by Crippen LogP contribution is -2.36. The molecule has 1 saturated carbocycles. The van der Waals surface area contributed by atoms with Gasteiger partial charge >= 0.3 is 0 Å². The zero-order valence-electron chi connectivity index (χ0n) is 9.05. The second kappa shape index (κ2) is 5.43. The lowest BCUT2D eigenvalue weighted by molar-refractivity contribution is 0.173. The Labute approximate surface area is 82.6 Å². The van der Waals surface area contributed by atoms with E-state index in [1.807, 2.05) is 0 Å². The topological polar surface area (TPSA) is 12.0 Å². The van der Waals surface area contributed by atoms with Crippen molar-refractivity contribution >= 4 is 0 Å². The maximum atomic E-state index is 3.81. The minimum atomic E-state index is 0.776. The summed E-state index contributed by atoms with van der Waals surface area (Å²) in [4.78, 5) is 0. The van der Waals surface area contributed by atoms with Crippen molar-refractivity contribution in [2.24, 2.45) is 17.8 Å². The maximum Gasteiger partial charge on any atom is -0.00176 e. The number of nitrogens with one attached hydrogen (secondary N) is 1. The van der Waals surface area contributed by atoms with Crippen LogP contribution < -0.4 is 5.32 Å². The van der Waals surface area contributed by atoms with E-state index in [9.17, 15) is 0 Å². The first-order valence-corrected chi connectivity index (χ1v) is 5.55. The standard InChI is InChI=1S/C12H23N/c1-4-5-11-6-7-12(11)9-13-8-10(2)3/h4,10-13H,1,5-9H2,2-3H3. The molecule has 1 N–H and O–H groups in total. The van der Waals surface area contributed by atoms with Crippen molar-refractivity contribution in [1.29, 1.82) is 0 Å². The second-order valence-corrected chi connectivity index (χ2v) is 4.67. The Morgan fingerprint density at radius 2 is 2.08 bits per heavy atom. The van der Waals surface area contributed by atoms with Crippen molar-refractivity contribution < 1.29 is 0 Å². The van der Waals surface area contributed by atoms with E-state index in [1.54, 1.807) is 0 Å². The predicted octanol–water partition coefficient (Wildman–Crippen LogP) is 2.83. The van der Waals surface area contributed by atoms with Crippen LogP contribution in [0.1, 0.15) is 33.1 Å². The molecule has 0 radical (unpaired) electrons. The van der Waals surface area contributed by atoms with Gasteiger partial charge in [0, 0.05) is 0 Å². The molecule has 1 aliphatic carbocycles. The molecule has 0 aromatic heterocycles. The number of hydrogen-bond acceptors (Lipinski definition) is 1. The van der Waals surface area contributed by atoms with Gasteiger partial charge in [0.05, 0.1) is 0 Å². The Morgan fingerprint density at radius 1 is 1.38 bits per heavy atom. The molecule has 2 atom stereocenters. The van der Waals surface area contributed by atoms with Crippen LogP contribution in [0.25, 0.3) is 0 Å². The first-order valence-electron chi connectivity index (χ1n) is 5.55. The van der Waals surface area contributed by atoms with Gasteiger partial charge in [-0.15, -0.1) is 6.58 Å². The molecule has 0 aromatic carbocycles. The molecule has 1 aliphatic rings. The zero-order valence-corrected chi connectivity index (χ0v) is 9.05. The van der Waals surface area contributed by atoms with E-state index in [-0.39, 0.29) is 0 Å². The Hall–Kier alpha value is -0.300. The van der Waals surface area contributed by atoms with Crippen LogP contribution in [0.2, 0.25) is 0 Å². The molecule has 1 fully saturated rings. The molecule has 0 heterocycles. The number of rotatable bonds is 6. The average molecular weight is 181 g/mol. The van der Waals surface area contributed by atoms with Gasteiger partial charge in [0.15, 0.2) is 0 Å². The molecule has 0 aliphatic heterocycles. The van der Waals surface area contributed by atoms with E-state index < -0.39 is 0 Å². The Balaban J connectivity index is 2.05. The van der Waals surface area contributed by atoms with Gasteiger partial charge in [-0.1, -0.05) is 19.9 Å². The highest BCUT2D eigenvalue weighted by Crippen LogP contribution is 2.36. The Morgan fingerprint density at radius 3 is 2.54 bits per heavy atom. The van der Waals surface area contributed by atoms with Gasteiger partial charge < -0.3 is 5.32 Å². The van der Waals surface area contributed by atoms with E-state index >= 15 is 0 Å². The van der Waals surface area contributed by atoms with Crippen molar-refractivity contribution in [2.45, 2.75) is 33.1 Å². The van der Waals surface area contributed by atoms with E-state index in [4.69, 9.17) is 0 Å². The van der Waals surface area contributed by atoms with Gasteiger partial charge in [0.1, 0.15) is 0 Å². The fourth-order valence-electron chi connectivity index (χ4n) is 1.99. The highest BCUT2D eigenvalue weighted by molar-refractivity contribution is 4.87. The van der Waals surface area contributed by atoms with Crippen LogP contribution in [-0.2, 0) is 0 Å². The molecule has 13 heavy (non-hydrogen) atoms. The fraction of sp³-hybridized carbons (Fsp3) is 0.833. The summed E-state index contributed by atoms with van der Waals surface area (Å²) in [6, 6.07) is 0. The third-order valence-corrected chi connectivity index (χ3v) is 3.00. The highest BCUT2D eigenvalue weighted by Gasteiger charge is 2.28. The molecule has 1 rings (SSSR count). The number of hydrogen-bond donors (Lipinski definition) is 1. The van der Waals surface area contributed by atoms with Crippen molar-refractivity contribution in [3.8, 4) is 0 Å². The van der Waals surface area contributed by atoms with E-state index in [2.05, 4.69) is 31.8 Å². The SMILES string of the molecule is C=CCC1CCC1CNCC(C)C. The summed E-state index contributed by atoms with van der Waals surface area (Å²) >= 11 is 0. The van der Waals surface area contributed by atoms with Crippen molar-refractivity contribution in [2.75, 3.05) is 13.1 Å². The minimum absolute atomic E-state index is 0.776. The molecule has 0 amide bonds. The average Bonchev–Trinajstić information content (AvgIpc) is 2.06. The molecule has 0 aromatic rings. The van der Waals surface area contributed by atoms with Crippen LogP contribution in [-0.4, -0.2) is 13.1 Å². The van der Waals surface area contributed by atoms with E-state index in [0.29, 0.717) is 0 Å². The summed E-state index contributed by atoms with van der Waals surface area (Å²) in [6.07, 6.45) is 6.12. The molecular weight excluding hydrogens is 158 g/mol. The maximum absolute atomic E-state index is 3.81. The zero-order chi connectivity index (χ0) is 9.68. The normalized spacial score (nSPS) is 27.3. The largest absolute Gasteiger partial charge is 0.316 e. The van der Waals surface area contributed by atoms with Crippen LogP contribution in [0.5, 0.6) is 0 Å². The third kappa shape index (κ3) is 3.51. The third-order valence-electron chi connectivity index (χ3n) is 3.00. The highest BCUT2D eigenvalue weighted by atomic mass is 14.9. The van der Waals surface area contributed by atoms with Crippen LogP contribution in [0, 0.1) is 17.8 Å². The van der Waals surface area contributed by atoms with Gasteiger partial charge in [-0.2, -0.15) is 0 Å². The lowest BCUT2D eigenvalue weighted by atomic mass is 9.72. The van der Waals surface area contributed by atoms with E-state index in [0.717, 1.165) is 24.3 Å². The van der Waals surface area contributed by atoms with Gasteiger partial charge in [0.2, 0.25) is 0 Å². The molecule has 2 unspecified atom stereocenters. The van der Waals surface area contributed by atoms with Crippen LogP contribution in [0.3, 0.4) is 0 Å². The predicted molar refractivity (Wildman–Crippen MR) is 58.7 cm³/mol. The number of allylic oxidation sites excluding steroid dienone is 1. The first kappa shape index (κ1) is 10.8. The summed E-state index contributed by atoms with van der Waals surface area (Å²) in [6.45, 7) is 10.7. The fourth-order valence-corrected chi connectivity index (χ4v) is 1.99.